The molecule has 1 atom stereocenters. The van der Waals surface area contributed by atoms with E-state index in [1.807, 2.05) is 12.1 Å². The van der Waals surface area contributed by atoms with Crippen molar-refractivity contribution < 1.29 is 9.47 Å². The first-order chi connectivity index (χ1) is 5.77. The summed E-state index contributed by atoms with van der Waals surface area (Å²) in [6, 6.07) is 8.50. The molecule has 1 aromatic rings. The van der Waals surface area contributed by atoms with E-state index < -0.39 is 0 Å². The number of benzene rings is 1. The normalized spacial score (nSPS) is 12.6. The lowest BCUT2D eigenvalue weighted by Gasteiger charge is -2.09. The van der Waals surface area contributed by atoms with E-state index in [-0.39, 0.29) is 6.10 Å². The fraction of sp³-hybridized carbons (Fsp3) is 0.300. The van der Waals surface area contributed by atoms with Crippen LogP contribution in [0.15, 0.2) is 18.2 Å². The van der Waals surface area contributed by atoms with Gasteiger partial charge in [-0.2, -0.15) is 0 Å². The van der Waals surface area contributed by atoms with Crippen LogP contribution in [0.5, 0.6) is 5.75 Å². The van der Waals surface area contributed by atoms with E-state index >= 15 is 0 Å². The van der Waals surface area contributed by atoms with E-state index in [0.717, 1.165) is 5.56 Å². The smallest absolute Gasteiger partial charge is 0.127 e. The zero-order chi connectivity index (χ0) is 8.97. The standard InChI is InChI=1S/C10H12O2/c1-8(11-2)9-5-4-6-10(7-9)12-3/h4-5,7-8H,1H2,2-3H3. The van der Waals surface area contributed by atoms with E-state index in [2.05, 4.69) is 13.0 Å². The number of methoxy groups -OCH3 is 2. The van der Waals surface area contributed by atoms with Gasteiger partial charge in [-0.15, -0.1) is 0 Å². The van der Waals surface area contributed by atoms with E-state index in [1.165, 1.54) is 0 Å². The van der Waals surface area contributed by atoms with Gasteiger partial charge in [0.15, 0.2) is 0 Å². The van der Waals surface area contributed by atoms with Crippen LogP contribution in [0.4, 0.5) is 0 Å². The van der Waals surface area contributed by atoms with Crippen molar-refractivity contribution in [1.82, 2.24) is 0 Å². The molecule has 64 valence electrons. The average Bonchev–Trinajstić information content (AvgIpc) is 2.17. The summed E-state index contributed by atoms with van der Waals surface area (Å²) in [7, 11) is 3.24. The Morgan fingerprint density at radius 3 is 2.83 bits per heavy atom. The fourth-order valence-corrected chi connectivity index (χ4v) is 0.915. The third-order valence-electron chi connectivity index (χ3n) is 1.68. The van der Waals surface area contributed by atoms with Gasteiger partial charge in [-0.1, -0.05) is 12.1 Å². The highest BCUT2D eigenvalue weighted by atomic mass is 16.5. The highest BCUT2D eigenvalue weighted by Crippen LogP contribution is 2.19. The maximum absolute atomic E-state index is 5.06. The molecule has 0 N–H and O–H groups in total. The molecular weight excluding hydrogens is 152 g/mol. The first-order valence-electron chi connectivity index (χ1n) is 3.69. The zero-order valence-corrected chi connectivity index (χ0v) is 7.33. The van der Waals surface area contributed by atoms with Gasteiger partial charge in [-0.25, -0.2) is 0 Å². The monoisotopic (exact) mass is 164 g/mol. The highest BCUT2D eigenvalue weighted by molar-refractivity contribution is 5.29. The number of hydrogen-bond donors (Lipinski definition) is 0. The van der Waals surface area contributed by atoms with Crippen LogP contribution in [0.25, 0.3) is 0 Å². The minimum absolute atomic E-state index is 0.145. The van der Waals surface area contributed by atoms with Crippen LogP contribution in [-0.2, 0) is 4.74 Å². The molecule has 0 aliphatic rings. The first kappa shape index (κ1) is 9.07. The van der Waals surface area contributed by atoms with Crippen molar-refractivity contribution in [3.63, 3.8) is 0 Å². The second-order valence-electron chi connectivity index (χ2n) is 2.41. The molecule has 0 bridgehead atoms. The molecule has 0 heterocycles. The number of ether oxygens (including phenoxy) is 2. The summed E-state index contributed by atoms with van der Waals surface area (Å²) in [5.74, 6) is 0.707. The third kappa shape index (κ3) is 1.98. The lowest BCUT2D eigenvalue weighted by molar-refractivity contribution is 0.140. The van der Waals surface area contributed by atoms with Crippen LogP contribution < -0.4 is 4.74 Å². The molecule has 1 rings (SSSR count). The Hall–Kier alpha value is -1.02. The van der Waals surface area contributed by atoms with E-state index in [1.54, 1.807) is 20.3 Å². The molecule has 1 unspecified atom stereocenters. The van der Waals surface area contributed by atoms with Gasteiger partial charge in [0.25, 0.3) is 0 Å². The molecule has 2 heteroatoms. The molecule has 0 aromatic heterocycles. The van der Waals surface area contributed by atoms with Crippen molar-refractivity contribution >= 4 is 0 Å². The van der Waals surface area contributed by atoms with Gasteiger partial charge >= 0.3 is 0 Å². The Morgan fingerprint density at radius 2 is 2.25 bits per heavy atom. The van der Waals surface area contributed by atoms with Crippen LogP contribution in [0, 0.1) is 13.0 Å². The summed E-state index contributed by atoms with van der Waals surface area (Å²) >= 11 is 0. The zero-order valence-electron chi connectivity index (χ0n) is 7.33. The van der Waals surface area contributed by atoms with E-state index in [4.69, 9.17) is 9.47 Å². The second kappa shape index (κ2) is 4.12. The highest BCUT2D eigenvalue weighted by Gasteiger charge is 2.03. The molecule has 0 aliphatic carbocycles. The minimum atomic E-state index is -0.145. The number of hydrogen-bond acceptors (Lipinski definition) is 2. The minimum Gasteiger partial charge on any atom is -0.496 e. The molecule has 1 aromatic carbocycles. The van der Waals surface area contributed by atoms with Crippen LogP contribution in [0.1, 0.15) is 11.7 Å². The molecule has 0 spiro atoms. The summed E-state index contributed by atoms with van der Waals surface area (Å²) < 4.78 is 10.1. The molecule has 0 aliphatic heterocycles. The Morgan fingerprint density at radius 1 is 1.50 bits per heavy atom. The maximum atomic E-state index is 5.06. The molecule has 0 amide bonds. The SMILES string of the molecule is [CH2]C(OC)c1cc[c]c(OC)c1. The Bertz CT molecular complexity index is 245. The van der Waals surface area contributed by atoms with Gasteiger partial charge in [-0.05, 0) is 18.6 Å². The van der Waals surface area contributed by atoms with Crippen LogP contribution in [0.3, 0.4) is 0 Å². The molecule has 12 heavy (non-hydrogen) atoms. The lowest BCUT2D eigenvalue weighted by atomic mass is 10.1. The van der Waals surface area contributed by atoms with Gasteiger partial charge in [0.05, 0.1) is 13.2 Å². The summed E-state index contributed by atoms with van der Waals surface area (Å²) in [6.07, 6.45) is -0.145. The van der Waals surface area contributed by atoms with Crippen molar-refractivity contribution in [2.24, 2.45) is 0 Å². The van der Waals surface area contributed by atoms with Gasteiger partial charge in [-0.3, -0.25) is 0 Å². The van der Waals surface area contributed by atoms with Gasteiger partial charge < -0.3 is 9.47 Å². The van der Waals surface area contributed by atoms with Gasteiger partial charge in [0, 0.05) is 13.2 Å². The Balaban J connectivity index is 2.86. The maximum Gasteiger partial charge on any atom is 0.127 e. The molecule has 0 saturated carbocycles. The second-order valence-corrected chi connectivity index (χ2v) is 2.41. The molecular formula is C10H12O2. The summed E-state index contributed by atoms with van der Waals surface area (Å²) in [5.41, 5.74) is 0.994. The van der Waals surface area contributed by atoms with Crippen molar-refractivity contribution in [3.8, 4) is 5.75 Å². The van der Waals surface area contributed by atoms with Crippen molar-refractivity contribution in [2.75, 3.05) is 14.2 Å². The molecule has 0 saturated heterocycles. The van der Waals surface area contributed by atoms with Gasteiger partial charge in [0.1, 0.15) is 5.75 Å². The largest absolute Gasteiger partial charge is 0.496 e. The molecule has 0 fully saturated rings. The Labute approximate surface area is 73.1 Å². The number of rotatable bonds is 3. The average molecular weight is 164 g/mol. The summed E-state index contributed by atoms with van der Waals surface area (Å²) in [5, 5.41) is 0. The molecule has 2 radical (unpaired) electrons. The van der Waals surface area contributed by atoms with E-state index in [0.29, 0.717) is 5.75 Å². The van der Waals surface area contributed by atoms with Crippen molar-refractivity contribution in [1.29, 1.82) is 0 Å². The third-order valence-corrected chi connectivity index (χ3v) is 1.68. The molecule has 2 nitrogen and oxygen atoms in total. The first-order valence-corrected chi connectivity index (χ1v) is 3.69. The summed E-state index contributed by atoms with van der Waals surface area (Å²) in [6.45, 7) is 3.81. The lowest BCUT2D eigenvalue weighted by Crippen LogP contribution is -1.96. The van der Waals surface area contributed by atoms with E-state index in [9.17, 15) is 0 Å². The quantitative estimate of drug-likeness (QED) is 0.680. The van der Waals surface area contributed by atoms with Crippen LogP contribution in [0.2, 0.25) is 0 Å². The van der Waals surface area contributed by atoms with Crippen molar-refractivity contribution in [3.05, 3.63) is 36.8 Å². The van der Waals surface area contributed by atoms with Crippen LogP contribution >= 0.6 is 0 Å². The predicted octanol–water partition coefficient (Wildman–Crippen LogP) is 2.02. The fourth-order valence-electron chi connectivity index (χ4n) is 0.915. The topological polar surface area (TPSA) is 18.5 Å². The van der Waals surface area contributed by atoms with Gasteiger partial charge in [0.2, 0.25) is 0 Å². The summed E-state index contributed by atoms with van der Waals surface area (Å²) in [4.78, 5) is 0. The Kier molecular flexibility index (Phi) is 3.11. The van der Waals surface area contributed by atoms with Crippen LogP contribution in [-0.4, -0.2) is 14.2 Å². The predicted molar refractivity (Wildman–Crippen MR) is 46.9 cm³/mol. The van der Waals surface area contributed by atoms with Crippen molar-refractivity contribution in [2.45, 2.75) is 6.10 Å².